The molecule has 0 bridgehead atoms. The Labute approximate surface area is 211 Å². The van der Waals surface area contributed by atoms with E-state index in [4.69, 9.17) is 20.9 Å². The van der Waals surface area contributed by atoms with E-state index in [-0.39, 0.29) is 24.3 Å². The Morgan fingerprint density at radius 2 is 2.15 bits per heavy atom. The van der Waals surface area contributed by atoms with E-state index in [0.29, 0.717) is 33.5 Å². The molecule has 34 heavy (non-hydrogen) atoms. The standard InChI is InChI=1S/C22H23ClN4O4S3/c23-18-3-1-2-4-19(18)32-11-15-8-20(33-12-15)21(28)17-9-25-13-26-22(17)27-16-6-5-14(7-16)10-31-34(24,29)30/h1-4,8-9,12-14,16H,5-7,10-11H2,(H2,24,29,30)(H,25,26,27). The zero-order chi connectivity index (χ0) is 24.1. The predicted octanol–water partition coefficient (Wildman–Crippen LogP) is 4.52. The van der Waals surface area contributed by atoms with Gasteiger partial charge in [-0.3, -0.25) is 8.98 Å². The summed E-state index contributed by atoms with van der Waals surface area (Å²) in [6.07, 6.45) is 5.20. The normalized spacial score (nSPS) is 18.2. The fourth-order valence-electron chi connectivity index (χ4n) is 3.78. The molecular formula is C22H23ClN4O4S3. The lowest BCUT2D eigenvalue weighted by Crippen LogP contribution is -2.22. The summed E-state index contributed by atoms with van der Waals surface area (Å²) < 4.78 is 26.8. The summed E-state index contributed by atoms with van der Waals surface area (Å²) in [7, 11) is -3.95. The molecule has 1 saturated carbocycles. The van der Waals surface area contributed by atoms with Gasteiger partial charge in [0.2, 0.25) is 5.78 Å². The molecule has 3 N–H and O–H groups in total. The number of thiophene rings is 1. The second kappa shape index (κ2) is 11.1. The van der Waals surface area contributed by atoms with E-state index >= 15 is 0 Å². The van der Waals surface area contributed by atoms with E-state index in [2.05, 4.69) is 15.3 Å². The number of anilines is 1. The lowest BCUT2D eigenvalue weighted by Gasteiger charge is -2.15. The van der Waals surface area contributed by atoms with Crippen molar-refractivity contribution in [3.63, 3.8) is 0 Å². The van der Waals surface area contributed by atoms with Crippen LogP contribution >= 0.6 is 34.7 Å². The molecule has 1 aliphatic carbocycles. The number of carbonyl (C=O) groups excluding carboxylic acids is 1. The van der Waals surface area contributed by atoms with Gasteiger partial charge in [-0.25, -0.2) is 15.1 Å². The highest BCUT2D eigenvalue weighted by Gasteiger charge is 2.28. The lowest BCUT2D eigenvalue weighted by atomic mass is 10.1. The van der Waals surface area contributed by atoms with Crippen LogP contribution in [0.4, 0.5) is 5.82 Å². The van der Waals surface area contributed by atoms with Crippen LogP contribution in [0.5, 0.6) is 0 Å². The molecule has 0 aliphatic heterocycles. The molecule has 3 aromatic rings. The number of thioether (sulfide) groups is 1. The predicted molar refractivity (Wildman–Crippen MR) is 135 cm³/mol. The molecule has 1 aliphatic rings. The Hall–Kier alpha value is -2.02. The molecule has 2 heterocycles. The van der Waals surface area contributed by atoms with Crippen LogP contribution in [-0.4, -0.2) is 36.8 Å². The van der Waals surface area contributed by atoms with Gasteiger partial charge in [0.05, 0.1) is 22.1 Å². The van der Waals surface area contributed by atoms with E-state index in [1.54, 1.807) is 11.8 Å². The molecule has 2 aromatic heterocycles. The van der Waals surface area contributed by atoms with Gasteiger partial charge in [0.1, 0.15) is 12.1 Å². The highest BCUT2D eigenvalue weighted by Crippen LogP contribution is 2.32. The van der Waals surface area contributed by atoms with Crippen molar-refractivity contribution in [2.45, 2.75) is 36.0 Å². The number of nitrogens with one attached hydrogen (secondary N) is 1. The van der Waals surface area contributed by atoms with Crippen LogP contribution in [0, 0.1) is 5.92 Å². The van der Waals surface area contributed by atoms with E-state index in [1.165, 1.54) is 23.9 Å². The van der Waals surface area contributed by atoms with Gasteiger partial charge in [-0.15, -0.1) is 23.1 Å². The zero-order valence-corrected chi connectivity index (χ0v) is 21.2. The molecule has 2 unspecified atom stereocenters. The van der Waals surface area contributed by atoms with E-state index in [9.17, 15) is 13.2 Å². The number of nitrogens with two attached hydrogens (primary N) is 1. The highest BCUT2D eigenvalue weighted by atomic mass is 35.5. The summed E-state index contributed by atoms with van der Waals surface area (Å²) in [4.78, 5) is 23.2. The Morgan fingerprint density at radius 3 is 2.94 bits per heavy atom. The second-order valence-electron chi connectivity index (χ2n) is 7.95. The highest BCUT2D eigenvalue weighted by molar-refractivity contribution is 7.98. The van der Waals surface area contributed by atoms with Crippen LogP contribution in [0.3, 0.4) is 0 Å². The molecule has 180 valence electrons. The summed E-state index contributed by atoms with van der Waals surface area (Å²) in [5.41, 5.74) is 1.44. The fraction of sp³-hybridized carbons (Fsp3) is 0.318. The van der Waals surface area contributed by atoms with Crippen molar-refractivity contribution >= 4 is 56.6 Å². The number of hydrogen-bond donors (Lipinski definition) is 2. The first kappa shape index (κ1) is 25.1. The average Bonchev–Trinajstić information content (AvgIpc) is 3.46. The molecule has 0 radical (unpaired) electrons. The molecular weight excluding hydrogens is 516 g/mol. The minimum atomic E-state index is -3.95. The van der Waals surface area contributed by atoms with Crippen molar-refractivity contribution in [2.24, 2.45) is 11.1 Å². The van der Waals surface area contributed by atoms with E-state index in [0.717, 1.165) is 23.3 Å². The number of benzene rings is 1. The van der Waals surface area contributed by atoms with Gasteiger partial charge in [0.25, 0.3) is 0 Å². The summed E-state index contributed by atoms with van der Waals surface area (Å²) in [6, 6.07) is 9.60. The molecule has 12 heteroatoms. The number of rotatable bonds is 10. The minimum absolute atomic E-state index is 0.0430. The molecule has 2 atom stereocenters. The topological polar surface area (TPSA) is 124 Å². The second-order valence-corrected chi connectivity index (χ2v) is 11.5. The molecule has 0 spiro atoms. The molecule has 0 amide bonds. The largest absolute Gasteiger partial charge is 0.367 e. The van der Waals surface area contributed by atoms with Gasteiger partial charge < -0.3 is 5.32 Å². The third-order valence-corrected chi connectivity index (χ3v) is 8.44. The van der Waals surface area contributed by atoms with Crippen molar-refractivity contribution < 1.29 is 17.4 Å². The molecule has 1 fully saturated rings. The van der Waals surface area contributed by atoms with E-state index < -0.39 is 10.3 Å². The summed E-state index contributed by atoms with van der Waals surface area (Å²) in [5.74, 6) is 1.09. The van der Waals surface area contributed by atoms with Crippen molar-refractivity contribution in [3.8, 4) is 0 Å². The number of nitrogens with zero attached hydrogens (tertiary/aromatic N) is 2. The average molecular weight is 539 g/mol. The summed E-state index contributed by atoms with van der Waals surface area (Å²) >= 11 is 9.24. The third-order valence-electron chi connectivity index (χ3n) is 5.42. The summed E-state index contributed by atoms with van der Waals surface area (Å²) in [5, 5.41) is 10.9. The maximum absolute atomic E-state index is 13.2. The van der Waals surface area contributed by atoms with Gasteiger partial charge in [-0.2, -0.15) is 8.42 Å². The SMILES string of the molecule is NS(=O)(=O)OCC1CCC(Nc2ncncc2C(=O)c2cc(CSc3ccccc3Cl)cs2)C1. The number of halogens is 1. The van der Waals surface area contributed by atoms with E-state index in [1.807, 2.05) is 35.7 Å². The van der Waals surface area contributed by atoms with Crippen LogP contribution < -0.4 is 10.5 Å². The molecule has 8 nitrogen and oxygen atoms in total. The molecule has 4 rings (SSSR count). The van der Waals surface area contributed by atoms with Crippen molar-refractivity contribution in [2.75, 3.05) is 11.9 Å². The first-order chi connectivity index (χ1) is 16.3. The van der Waals surface area contributed by atoms with Crippen molar-refractivity contribution in [1.82, 2.24) is 9.97 Å². The van der Waals surface area contributed by atoms with Crippen LogP contribution in [0.25, 0.3) is 0 Å². The fourth-order valence-corrected chi connectivity index (χ4v) is 6.30. The van der Waals surface area contributed by atoms with Crippen LogP contribution in [-0.2, 0) is 20.2 Å². The monoisotopic (exact) mass is 538 g/mol. The molecule has 1 aromatic carbocycles. The maximum atomic E-state index is 13.2. The number of hydrogen-bond acceptors (Lipinski definition) is 9. The summed E-state index contributed by atoms with van der Waals surface area (Å²) in [6.45, 7) is 0.0523. The van der Waals surface area contributed by atoms with Crippen molar-refractivity contribution in [3.05, 3.63) is 69.3 Å². The number of carbonyl (C=O) groups is 1. The quantitative estimate of drug-likeness (QED) is 0.285. The van der Waals surface area contributed by atoms with Gasteiger partial charge in [-0.05, 0) is 54.3 Å². The first-order valence-electron chi connectivity index (χ1n) is 10.5. The number of aromatic nitrogens is 2. The Morgan fingerprint density at radius 1 is 1.32 bits per heavy atom. The molecule has 0 saturated heterocycles. The lowest BCUT2D eigenvalue weighted by molar-refractivity contribution is 0.104. The first-order valence-corrected chi connectivity index (χ1v) is 14.2. The third kappa shape index (κ3) is 6.77. The van der Waals surface area contributed by atoms with Gasteiger partial charge in [-0.1, -0.05) is 23.7 Å². The zero-order valence-electron chi connectivity index (χ0n) is 18.0. The van der Waals surface area contributed by atoms with Gasteiger partial charge in [0, 0.05) is 22.9 Å². The Balaban J connectivity index is 1.39. The number of ketones is 1. The maximum Gasteiger partial charge on any atom is 0.333 e. The Bertz CT molecular complexity index is 1270. The Kier molecular flexibility index (Phi) is 8.22. The van der Waals surface area contributed by atoms with Crippen LogP contribution in [0.15, 0.2) is 53.1 Å². The van der Waals surface area contributed by atoms with Crippen molar-refractivity contribution in [1.29, 1.82) is 0 Å². The van der Waals surface area contributed by atoms with Crippen LogP contribution in [0.2, 0.25) is 5.02 Å². The van der Waals surface area contributed by atoms with Gasteiger partial charge in [0.15, 0.2) is 0 Å². The van der Waals surface area contributed by atoms with Crippen LogP contribution in [0.1, 0.15) is 40.1 Å². The smallest absolute Gasteiger partial charge is 0.333 e. The minimum Gasteiger partial charge on any atom is -0.367 e. The van der Waals surface area contributed by atoms with Gasteiger partial charge >= 0.3 is 10.3 Å².